The first-order chi connectivity index (χ1) is 9.57. The zero-order valence-electron chi connectivity index (χ0n) is 13.1. The van der Waals surface area contributed by atoms with Gasteiger partial charge in [0, 0.05) is 12.0 Å². The lowest BCUT2D eigenvalue weighted by atomic mass is 9.72. The number of nitrogens with one attached hydrogen (secondary N) is 1. The smallest absolute Gasteiger partial charge is 0.0908 e. The topological polar surface area (TPSA) is 32.3 Å². The fourth-order valence-electron chi connectivity index (χ4n) is 3.78. The van der Waals surface area contributed by atoms with E-state index in [1.165, 1.54) is 32.1 Å². The number of aliphatic hydroxyl groups is 1. The van der Waals surface area contributed by atoms with Crippen LogP contribution in [0.25, 0.3) is 0 Å². The van der Waals surface area contributed by atoms with Gasteiger partial charge in [-0.3, -0.25) is 0 Å². The Morgan fingerprint density at radius 2 is 1.75 bits per heavy atom. The van der Waals surface area contributed by atoms with Crippen molar-refractivity contribution >= 4 is 0 Å². The number of benzene rings is 1. The Balaban J connectivity index is 2.16. The molecule has 3 atom stereocenters. The summed E-state index contributed by atoms with van der Waals surface area (Å²) in [4.78, 5) is 0. The molecule has 2 nitrogen and oxygen atoms in total. The molecule has 0 spiro atoms. The minimum Gasteiger partial charge on any atom is -0.385 e. The van der Waals surface area contributed by atoms with E-state index in [0.717, 1.165) is 5.56 Å². The highest BCUT2D eigenvalue weighted by atomic mass is 16.3. The second-order valence-corrected chi connectivity index (χ2v) is 6.51. The average Bonchev–Trinajstić information content (AvgIpc) is 2.50. The molecule has 2 unspecified atom stereocenters. The van der Waals surface area contributed by atoms with Crippen LogP contribution >= 0.6 is 0 Å². The van der Waals surface area contributed by atoms with Crippen LogP contribution in [-0.2, 0) is 5.60 Å². The predicted octanol–water partition coefficient (Wildman–Crippen LogP) is 3.70. The van der Waals surface area contributed by atoms with E-state index in [-0.39, 0.29) is 5.92 Å². The molecule has 2 heteroatoms. The van der Waals surface area contributed by atoms with Crippen molar-refractivity contribution in [1.82, 2.24) is 5.32 Å². The van der Waals surface area contributed by atoms with E-state index < -0.39 is 5.60 Å². The van der Waals surface area contributed by atoms with Crippen molar-refractivity contribution in [2.75, 3.05) is 7.05 Å². The first kappa shape index (κ1) is 15.5. The summed E-state index contributed by atoms with van der Waals surface area (Å²) in [6.45, 7) is 4.14. The van der Waals surface area contributed by atoms with Gasteiger partial charge in [0.15, 0.2) is 0 Å². The molecule has 1 aromatic rings. The summed E-state index contributed by atoms with van der Waals surface area (Å²) in [6, 6.07) is 10.5. The Morgan fingerprint density at radius 1 is 1.15 bits per heavy atom. The summed E-state index contributed by atoms with van der Waals surface area (Å²) in [5, 5.41) is 14.5. The third kappa shape index (κ3) is 3.24. The number of hydrogen-bond donors (Lipinski definition) is 2. The highest BCUT2D eigenvalue weighted by Gasteiger charge is 2.38. The molecule has 0 aromatic heterocycles. The minimum absolute atomic E-state index is 0.193. The van der Waals surface area contributed by atoms with E-state index in [1.807, 2.05) is 44.3 Å². The zero-order valence-corrected chi connectivity index (χ0v) is 13.1. The van der Waals surface area contributed by atoms with E-state index in [2.05, 4.69) is 12.2 Å². The summed E-state index contributed by atoms with van der Waals surface area (Å²) >= 11 is 0. The van der Waals surface area contributed by atoms with Crippen molar-refractivity contribution < 1.29 is 5.11 Å². The maximum absolute atomic E-state index is 11.0. The van der Waals surface area contributed by atoms with Gasteiger partial charge in [-0.15, -0.1) is 0 Å². The maximum Gasteiger partial charge on any atom is 0.0908 e. The Bertz CT molecular complexity index is 395. The summed E-state index contributed by atoms with van der Waals surface area (Å²) < 4.78 is 0. The van der Waals surface area contributed by atoms with Crippen LogP contribution in [0.2, 0.25) is 0 Å². The molecule has 0 aliphatic heterocycles. The van der Waals surface area contributed by atoms with Crippen LogP contribution in [0.1, 0.15) is 51.5 Å². The molecular formula is C18H29NO. The van der Waals surface area contributed by atoms with Gasteiger partial charge in [0.1, 0.15) is 0 Å². The van der Waals surface area contributed by atoms with Crippen LogP contribution in [0, 0.1) is 11.8 Å². The van der Waals surface area contributed by atoms with Gasteiger partial charge in [-0.1, -0.05) is 56.5 Å². The van der Waals surface area contributed by atoms with Gasteiger partial charge in [-0.25, -0.2) is 0 Å². The third-order valence-corrected chi connectivity index (χ3v) is 5.27. The first-order valence-electron chi connectivity index (χ1n) is 8.02. The molecule has 0 radical (unpaired) electrons. The van der Waals surface area contributed by atoms with Crippen molar-refractivity contribution in [1.29, 1.82) is 0 Å². The molecule has 0 amide bonds. The molecule has 20 heavy (non-hydrogen) atoms. The van der Waals surface area contributed by atoms with Crippen molar-refractivity contribution in [2.45, 2.75) is 57.6 Å². The Kier molecular flexibility index (Phi) is 5.22. The molecule has 0 heterocycles. The summed E-state index contributed by atoms with van der Waals surface area (Å²) in [5.74, 6) is 0.886. The van der Waals surface area contributed by atoms with Gasteiger partial charge in [-0.2, -0.15) is 0 Å². The minimum atomic E-state index is -0.785. The van der Waals surface area contributed by atoms with Gasteiger partial charge < -0.3 is 10.4 Å². The second kappa shape index (κ2) is 6.73. The molecule has 2 N–H and O–H groups in total. The molecule has 0 bridgehead atoms. The molecule has 1 aliphatic rings. The Morgan fingerprint density at radius 3 is 2.30 bits per heavy atom. The molecule has 2 rings (SSSR count). The first-order valence-corrected chi connectivity index (χ1v) is 8.02. The van der Waals surface area contributed by atoms with Crippen molar-refractivity contribution in [3.05, 3.63) is 35.9 Å². The molecule has 112 valence electrons. The van der Waals surface area contributed by atoms with Gasteiger partial charge in [-0.05, 0) is 38.3 Å². The Hall–Kier alpha value is -0.860. The average molecular weight is 275 g/mol. The maximum atomic E-state index is 11.0. The normalized spacial score (nSPS) is 23.0. The lowest BCUT2D eigenvalue weighted by Crippen LogP contribution is -2.48. The van der Waals surface area contributed by atoms with Gasteiger partial charge in [0.05, 0.1) is 5.60 Å². The van der Waals surface area contributed by atoms with Crippen LogP contribution < -0.4 is 5.32 Å². The molecule has 1 fully saturated rings. The lowest BCUT2D eigenvalue weighted by Gasteiger charge is -2.41. The van der Waals surface area contributed by atoms with E-state index in [0.29, 0.717) is 12.0 Å². The predicted molar refractivity (Wildman–Crippen MR) is 84.6 cm³/mol. The highest BCUT2D eigenvalue weighted by molar-refractivity contribution is 5.22. The summed E-state index contributed by atoms with van der Waals surface area (Å²) in [7, 11) is 2.04. The summed E-state index contributed by atoms with van der Waals surface area (Å²) in [5.41, 5.74) is 0.232. The van der Waals surface area contributed by atoms with Crippen molar-refractivity contribution in [2.24, 2.45) is 11.8 Å². The molecule has 1 saturated carbocycles. The van der Waals surface area contributed by atoms with E-state index >= 15 is 0 Å². The van der Waals surface area contributed by atoms with Crippen LogP contribution in [-0.4, -0.2) is 18.2 Å². The molecule has 0 saturated heterocycles. The summed E-state index contributed by atoms with van der Waals surface area (Å²) in [6.07, 6.45) is 6.63. The number of rotatable bonds is 5. The van der Waals surface area contributed by atoms with E-state index in [9.17, 15) is 5.11 Å². The van der Waals surface area contributed by atoms with Crippen LogP contribution in [0.5, 0.6) is 0 Å². The van der Waals surface area contributed by atoms with Crippen LogP contribution in [0.15, 0.2) is 30.3 Å². The highest BCUT2D eigenvalue weighted by Crippen LogP contribution is 2.37. The van der Waals surface area contributed by atoms with Crippen molar-refractivity contribution in [3.8, 4) is 0 Å². The SMILES string of the molecule is CN[C@@H](C1CCCCC1)C(C)C(C)(O)c1ccccc1. The Labute approximate surface area is 123 Å². The zero-order chi connectivity index (χ0) is 14.6. The van der Waals surface area contributed by atoms with Gasteiger partial charge in [0.2, 0.25) is 0 Å². The van der Waals surface area contributed by atoms with Crippen molar-refractivity contribution in [3.63, 3.8) is 0 Å². The van der Waals surface area contributed by atoms with E-state index in [1.54, 1.807) is 0 Å². The number of hydrogen-bond acceptors (Lipinski definition) is 2. The lowest BCUT2D eigenvalue weighted by molar-refractivity contribution is -0.0258. The quantitative estimate of drug-likeness (QED) is 0.859. The third-order valence-electron chi connectivity index (χ3n) is 5.27. The molecular weight excluding hydrogens is 246 g/mol. The van der Waals surface area contributed by atoms with Crippen LogP contribution in [0.3, 0.4) is 0 Å². The second-order valence-electron chi connectivity index (χ2n) is 6.51. The van der Waals surface area contributed by atoms with Crippen LogP contribution in [0.4, 0.5) is 0 Å². The largest absolute Gasteiger partial charge is 0.385 e. The van der Waals surface area contributed by atoms with Gasteiger partial charge >= 0.3 is 0 Å². The van der Waals surface area contributed by atoms with E-state index in [4.69, 9.17) is 0 Å². The molecule has 1 aromatic carbocycles. The fraction of sp³-hybridized carbons (Fsp3) is 0.667. The monoisotopic (exact) mass is 275 g/mol. The fourth-order valence-corrected chi connectivity index (χ4v) is 3.78. The standard InChI is InChI=1S/C18H29NO/c1-14(17(19-3)15-10-6-4-7-11-15)18(2,20)16-12-8-5-9-13-16/h5,8-9,12-15,17,19-20H,4,6-7,10-11H2,1-3H3/t14?,17-,18?/m1/s1. The molecule has 1 aliphatic carbocycles. The van der Waals surface area contributed by atoms with Gasteiger partial charge in [0.25, 0.3) is 0 Å².